The summed E-state index contributed by atoms with van der Waals surface area (Å²) < 4.78 is 6.93. The molecule has 2 atom stereocenters. The van der Waals surface area contributed by atoms with Crippen LogP contribution in [-0.2, 0) is 17.4 Å². The summed E-state index contributed by atoms with van der Waals surface area (Å²) in [5.74, 6) is 0. The first-order chi connectivity index (χ1) is 33.1. The number of hydrogen-bond donors (Lipinski definition) is 0. The maximum Gasteiger partial charge on any atom is -0.147 e. The first-order valence-electron chi connectivity index (χ1n) is 27.8. The first kappa shape index (κ1) is 53.3. The normalized spacial score (nSPS) is 20.5. The van der Waals surface area contributed by atoms with Crippen LogP contribution in [0, 0.1) is 10.8 Å². The van der Waals surface area contributed by atoms with Crippen LogP contribution in [0.15, 0.2) is 132 Å². The van der Waals surface area contributed by atoms with Crippen molar-refractivity contribution in [2.75, 3.05) is 0 Å². The fourth-order valence-corrected chi connectivity index (χ4v) is 35.3. The summed E-state index contributed by atoms with van der Waals surface area (Å²) in [4.78, 5) is 0. The number of fused-ring (bicyclic) bond motifs is 4. The minimum absolute atomic E-state index is 0. The molecule has 6 aromatic carbocycles. The number of halogens is 2. The molecule has 6 aromatic rings. The van der Waals surface area contributed by atoms with E-state index in [0.717, 1.165) is 0 Å². The molecule has 0 bridgehead atoms. The number of rotatable bonds is 12. The zero-order chi connectivity index (χ0) is 46.8. The van der Waals surface area contributed by atoms with Crippen molar-refractivity contribution in [3.63, 3.8) is 0 Å². The molecule has 0 amide bonds. The fourth-order valence-electron chi connectivity index (χ4n) is 15.7. The van der Waals surface area contributed by atoms with Gasteiger partial charge in [0.1, 0.15) is 0 Å². The molecular weight excluding hydrogens is 983 g/mol. The van der Waals surface area contributed by atoms with Gasteiger partial charge in [-0.3, -0.25) is 0 Å². The Morgan fingerprint density at radius 1 is 0.429 bits per heavy atom. The number of allylic oxidation sites excluding steroid dienone is 2. The Morgan fingerprint density at radius 3 is 1.14 bits per heavy atom. The van der Waals surface area contributed by atoms with E-state index in [1.807, 2.05) is 11.1 Å². The maximum atomic E-state index is 2.97. The Kier molecular flexibility index (Phi) is 17.2. The molecule has 10 rings (SSSR count). The van der Waals surface area contributed by atoms with Gasteiger partial charge in [0.15, 0.2) is 0 Å². The molecule has 370 valence electrons. The van der Waals surface area contributed by atoms with E-state index in [-0.39, 0.29) is 24.8 Å². The second-order valence-electron chi connectivity index (χ2n) is 24.0. The van der Waals surface area contributed by atoms with Crippen LogP contribution in [0.4, 0.5) is 0 Å². The topological polar surface area (TPSA) is 0 Å². The standard InChI is InChI=1S/2C32H37.2CH3.2ClH.H2Si.Zr/c2*1-2-19-32(20-9-5-3-4-6-10-21-32)24-25-22-27-15-12-18-30(31(27)23-25)29-17-11-14-26-13-7-8-16-28(26)29;;;;;;/h2*7-8,11-18,22-23H,2-6,9-10,19-21,24H2,1H3;2*1H3;2*1H;1H2;. The third kappa shape index (κ3) is 10.5. The molecule has 0 spiro atoms. The Bertz CT molecular complexity index is 2690. The Labute approximate surface area is 438 Å². The van der Waals surface area contributed by atoms with Crippen molar-refractivity contribution >= 4 is 65.4 Å². The molecule has 0 N–H and O–H groups in total. The SMILES string of the molecule is CCCC1(CC2=Cc3c(-c4cccc5ccccc45)cccc3[CH]2[Zr]([CH3])([CH3])(=[SiH2])[CH]2C(CC3(CCC)CCCCCCCC3)=Cc3c(-c4cccc5ccccc45)cccc32)CCCCCCCC1.Cl.Cl. The molecule has 2 saturated carbocycles. The Hall–Kier alpha value is -3.00. The summed E-state index contributed by atoms with van der Waals surface area (Å²) in [7, 11) is 0. The minimum Gasteiger partial charge on any atom is -0.147 e. The van der Waals surface area contributed by atoms with Gasteiger partial charge in [0, 0.05) is 0 Å². The molecule has 0 heterocycles. The second kappa shape index (κ2) is 22.6. The van der Waals surface area contributed by atoms with Gasteiger partial charge in [0.25, 0.3) is 0 Å². The summed E-state index contributed by atoms with van der Waals surface area (Å²) in [6.45, 7) is 7.59. The molecule has 0 aliphatic heterocycles. The molecule has 0 aromatic heterocycles. The summed E-state index contributed by atoms with van der Waals surface area (Å²) in [6, 6.07) is 47.4. The van der Waals surface area contributed by atoms with Crippen molar-refractivity contribution in [1.82, 2.24) is 0 Å². The van der Waals surface area contributed by atoms with Crippen LogP contribution in [0.3, 0.4) is 0 Å². The van der Waals surface area contributed by atoms with Crippen LogP contribution in [0.1, 0.15) is 185 Å². The van der Waals surface area contributed by atoms with E-state index >= 15 is 0 Å². The van der Waals surface area contributed by atoms with Gasteiger partial charge in [0.05, 0.1) is 0 Å². The molecule has 4 aliphatic carbocycles. The zero-order valence-electron chi connectivity index (χ0n) is 43.4. The van der Waals surface area contributed by atoms with E-state index in [0.29, 0.717) is 18.1 Å². The third-order valence-electron chi connectivity index (χ3n) is 18.4. The van der Waals surface area contributed by atoms with Crippen LogP contribution in [-0.4, -0.2) is 6.88 Å². The average molecular weight is 1070 g/mol. The van der Waals surface area contributed by atoms with Crippen LogP contribution < -0.4 is 0 Å². The van der Waals surface area contributed by atoms with Crippen molar-refractivity contribution in [1.29, 1.82) is 0 Å². The molecule has 4 aliphatic rings. The van der Waals surface area contributed by atoms with Gasteiger partial charge in [0.2, 0.25) is 0 Å². The average Bonchev–Trinajstić information content (AvgIpc) is 3.97. The molecule has 0 radical (unpaired) electrons. The van der Waals surface area contributed by atoms with Gasteiger partial charge < -0.3 is 0 Å². The van der Waals surface area contributed by atoms with Gasteiger partial charge in [-0.2, -0.15) is 0 Å². The molecule has 2 unspecified atom stereocenters. The van der Waals surface area contributed by atoms with Crippen LogP contribution in [0.5, 0.6) is 0 Å². The second-order valence-corrected chi connectivity index (χ2v) is 54.5. The zero-order valence-corrected chi connectivity index (χ0v) is 48.9. The van der Waals surface area contributed by atoms with Crippen LogP contribution in [0.2, 0.25) is 9.26 Å². The largest absolute Gasteiger partial charge is 0.147 e. The van der Waals surface area contributed by atoms with Crippen LogP contribution in [0.25, 0.3) is 56.0 Å². The van der Waals surface area contributed by atoms with E-state index in [1.54, 1.807) is 22.3 Å². The predicted octanol–water partition coefficient (Wildman–Crippen LogP) is 20.7. The molecular formula is C66H84Cl2SiZr. The van der Waals surface area contributed by atoms with E-state index in [4.69, 9.17) is 0 Å². The number of hydrogen-bond acceptors (Lipinski definition) is 0. The van der Waals surface area contributed by atoms with Gasteiger partial charge in [-0.1, -0.05) is 0 Å². The molecule has 4 heteroatoms. The summed E-state index contributed by atoms with van der Waals surface area (Å²) in [5.41, 5.74) is 16.5. The van der Waals surface area contributed by atoms with Gasteiger partial charge in [-0.25, -0.2) is 0 Å². The van der Waals surface area contributed by atoms with Crippen molar-refractivity contribution in [3.8, 4) is 22.3 Å². The van der Waals surface area contributed by atoms with Gasteiger partial charge >= 0.3 is 417 Å². The predicted molar refractivity (Wildman–Crippen MR) is 313 cm³/mol. The van der Waals surface area contributed by atoms with E-state index in [2.05, 4.69) is 163 Å². The Balaban J connectivity index is 0.00000329. The molecule has 0 nitrogen and oxygen atoms in total. The van der Waals surface area contributed by atoms with Crippen molar-refractivity contribution in [3.05, 3.63) is 155 Å². The fraction of sp³-hybridized carbons (Fsp3) is 0.455. The van der Waals surface area contributed by atoms with E-state index in [1.165, 1.54) is 185 Å². The van der Waals surface area contributed by atoms with Crippen molar-refractivity contribution in [2.24, 2.45) is 10.8 Å². The molecule has 70 heavy (non-hydrogen) atoms. The van der Waals surface area contributed by atoms with Crippen molar-refractivity contribution in [2.45, 2.75) is 172 Å². The Morgan fingerprint density at radius 2 is 0.757 bits per heavy atom. The minimum atomic E-state index is -4.16. The van der Waals surface area contributed by atoms with Crippen molar-refractivity contribution < 1.29 is 17.4 Å². The maximum absolute atomic E-state index is 4.16. The van der Waals surface area contributed by atoms with Gasteiger partial charge in [-0.05, 0) is 0 Å². The summed E-state index contributed by atoms with van der Waals surface area (Å²) in [6.07, 6.45) is 36.0. The summed E-state index contributed by atoms with van der Waals surface area (Å²) >= 11 is -4.16. The smallest absolute Gasteiger partial charge is 0.147 e. The molecule has 2 fully saturated rings. The number of benzene rings is 6. The monoisotopic (exact) mass is 1060 g/mol. The van der Waals surface area contributed by atoms with E-state index in [9.17, 15) is 0 Å². The first-order valence-corrected chi connectivity index (χ1v) is 41.5. The summed E-state index contributed by atoms with van der Waals surface area (Å²) in [5, 5.41) is 5.44. The van der Waals surface area contributed by atoms with E-state index < -0.39 is 17.4 Å². The molecule has 0 saturated heterocycles. The van der Waals surface area contributed by atoms with Gasteiger partial charge in [-0.15, -0.1) is 24.8 Å². The third-order valence-corrected chi connectivity index (χ3v) is 35.9. The van der Waals surface area contributed by atoms with Crippen LogP contribution >= 0.6 is 24.8 Å². The quantitative estimate of drug-likeness (QED) is 0.107.